The molecule has 0 spiro atoms. The molecule has 2 aromatic rings. The molecule has 0 aromatic carbocycles. The molecule has 1 saturated carbocycles. The van der Waals surface area contributed by atoms with Crippen molar-refractivity contribution in [3.63, 3.8) is 0 Å². The number of thioether (sulfide) groups is 1. The Hall–Kier alpha value is -1.17. The maximum Gasteiger partial charge on any atom is 0.202 e. The number of aromatic nitrogens is 4. The number of hydrogen-bond donors (Lipinski definition) is 1. The Kier molecular flexibility index (Phi) is 3.90. The number of nitrogens with zero attached hydrogens (tertiary/aromatic N) is 4. The van der Waals surface area contributed by atoms with Crippen LogP contribution in [-0.2, 0) is 13.1 Å². The molecule has 116 valence electrons. The van der Waals surface area contributed by atoms with Crippen LogP contribution in [0.3, 0.4) is 0 Å². The first-order valence-corrected chi connectivity index (χ1v) is 9.07. The first-order valence-electron chi connectivity index (χ1n) is 7.84. The molecule has 1 aliphatic carbocycles. The van der Waals surface area contributed by atoms with Crippen molar-refractivity contribution in [2.24, 2.45) is 0 Å². The van der Waals surface area contributed by atoms with Crippen LogP contribution in [-0.4, -0.2) is 30.3 Å². The molecule has 5 nitrogen and oxygen atoms in total. The summed E-state index contributed by atoms with van der Waals surface area (Å²) in [6.07, 6.45) is 8.79. The number of nitrogens with two attached hydrogens (primary N) is 1. The number of fused-ring (bicyclic) bond motifs is 1. The highest BCUT2D eigenvalue weighted by Crippen LogP contribution is 2.41. The molecule has 0 atom stereocenters. The summed E-state index contributed by atoms with van der Waals surface area (Å²) in [7, 11) is 0. The first-order chi connectivity index (χ1) is 10.1. The number of hydrogen-bond acceptors (Lipinski definition) is 4. The predicted octanol–water partition coefficient (Wildman–Crippen LogP) is 3.21. The monoisotopic (exact) mass is 307 g/mol. The van der Waals surface area contributed by atoms with Gasteiger partial charge in [0.15, 0.2) is 5.65 Å². The highest BCUT2D eigenvalue weighted by Gasteiger charge is 2.33. The zero-order valence-corrected chi connectivity index (χ0v) is 14.0. The van der Waals surface area contributed by atoms with Crippen molar-refractivity contribution < 1.29 is 0 Å². The predicted molar refractivity (Wildman–Crippen MR) is 89.7 cm³/mol. The quantitative estimate of drug-likeness (QED) is 0.942. The minimum absolute atomic E-state index is 0.302. The van der Waals surface area contributed by atoms with E-state index in [0.717, 1.165) is 29.9 Å². The van der Waals surface area contributed by atoms with Crippen molar-refractivity contribution in [1.29, 1.82) is 0 Å². The van der Waals surface area contributed by atoms with Gasteiger partial charge in [0.05, 0.1) is 5.69 Å². The second-order valence-corrected chi connectivity index (χ2v) is 7.35. The molecular formula is C15H25N5S. The van der Waals surface area contributed by atoms with Gasteiger partial charge in [-0.15, -0.1) is 0 Å². The Labute approximate surface area is 130 Å². The molecule has 21 heavy (non-hydrogen) atoms. The number of anilines is 1. The molecule has 0 unspecified atom stereocenters. The van der Waals surface area contributed by atoms with Gasteiger partial charge in [-0.2, -0.15) is 16.9 Å². The van der Waals surface area contributed by atoms with Crippen LogP contribution in [0.25, 0.3) is 11.2 Å². The van der Waals surface area contributed by atoms with E-state index in [1.165, 1.54) is 32.1 Å². The lowest BCUT2D eigenvalue weighted by atomic mass is 9.88. The summed E-state index contributed by atoms with van der Waals surface area (Å²) < 4.78 is 4.53. The highest BCUT2D eigenvalue weighted by atomic mass is 32.2. The fourth-order valence-electron chi connectivity index (χ4n) is 3.53. The van der Waals surface area contributed by atoms with E-state index in [9.17, 15) is 0 Å². The summed E-state index contributed by atoms with van der Waals surface area (Å²) in [5.74, 6) is 0.631. The maximum atomic E-state index is 6.22. The molecule has 3 rings (SSSR count). The molecule has 0 radical (unpaired) electrons. The van der Waals surface area contributed by atoms with Gasteiger partial charge in [0.25, 0.3) is 0 Å². The Morgan fingerprint density at radius 3 is 2.62 bits per heavy atom. The van der Waals surface area contributed by atoms with E-state index >= 15 is 0 Å². The Morgan fingerprint density at radius 2 is 2.00 bits per heavy atom. The van der Waals surface area contributed by atoms with E-state index in [-0.39, 0.29) is 0 Å². The van der Waals surface area contributed by atoms with Gasteiger partial charge in [-0.1, -0.05) is 19.3 Å². The lowest BCUT2D eigenvalue weighted by Crippen LogP contribution is -2.33. The van der Waals surface area contributed by atoms with Crippen LogP contribution in [0.15, 0.2) is 0 Å². The Morgan fingerprint density at radius 1 is 1.29 bits per heavy atom. The van der Waals surface area contributed by atoms with Crippen molar-refractivity contribution in [2.75, 3.05) is 12.0 Å². The summed E-state index contributed by atoms with van der Waals surface area (Å²) >= 11 is 2.00. The lowest BCUT2D eigenvalue weighted by Gasteiger charge is -2.36. The number of rotatable bonds is 4. The number of nitrogen functional groups attached to an aromatic ring is 1. The molecule has 2 heterocycles. The van der Waals surface area contributed by atoms with E-state index in [2.05, 4.69) is 27.8 Å². The minimum Gasteiger partial charge on any atom is -0.369 e. The van der Waals surface area contributed by atoms with Crippen molar-refractivity contribution in [3.8, 4) is 0 Å². The van der Waals surface area contributed by atoms with Gasteiger partial charge in [0, 0.05) is 17.8 Å². The lowest BCUT2D eigenvalue weighted by molar-refractivity contribution is 0.361. The zero-order valence-electron chi connectivity index (χ0n) is 13.2. The second kappa shape index (κ2) is 5.55. The van der Waals surface area contributed by atoms with Crippen LogP contribution in [0.2, 0.25) is 0 Å². The summed E-state index contributed by atoms with van der Waals surface area (Å²) in [5.41, 5.74) is 9.24. The third-order valence-corrected chi connectivity index (χ3v) is 6.18. The van der Waals surface area contributed by atoms with Gasteiger partial charge in [-0.3, -0.25) is 4.57 Å². The molecule has 0 bridgehead atoms. The van der Waals surface area contributed by atoms with Crippen molar-refractivity contribution in [1.82, 2.24) is 19.3 Å². The SMILES string of the molecule is CCn1nc(C)c2nc(N)n(CC3(SC)CCCCC3)c21. The smallest absolute Gasteiger partial charge is 0.202 e. The van der Waals surface area contributed by atoms with Gasteiger partial charge in [0.2, 0.25) is 5.95 Å². The Bertz CT molecular complexity index is 636. The van der Waals surface area contributed by atoms with Gasteiger partial charge < -0.3 is 5.73 Å². The maximum absolute atomic E-state index is 6.22. The molecule has 0 aliphatic heterocycles. The first kappa shape index (κ1) is 14.8. The summed E-state index contributed by atoms with van der Waals surface area (Å²) in [6, 6.07) is 0. The molecule has 2 aromatic heterocycles. The van der Waals surface area contributed by atoms with Crippen LogP contribution in [0.5, 0.6) is 0 Å². The minimum atomic E-state index is 0.302. The zero-order chi connectivity index (χ0) is 15.0. The van der Waals surface area contributed by atoms with E-state index in [1.54, 1.807) is 0 Å². The van der Waals surface area contributed by atoms with Crippen molar-refractivity contribution in [3.05, 3.63) is 5.69 Å². The molecule has 0 saturated heterocycles. The second-order valence-electron chi connectivity index (χ2n) is 6.08. The van der Waals surface area contributed by atoms with Crippen LogP contribution in [0, 0.1) is 6.92 Å². The fraction of sp³-hybridized carbons (Fsp3) is 0.733. The third kappa shape index (κ3) is 2.43. The van der Waals surface area contributed by atoms with Crippen LogP contribution in [0.1, 0.15) is 44.7 Å². The van der Waals surface area contributed by atoms with Gasteiger partial charge in [0.1, 0.15) is 5.52 Å². The highest BCUT2D eigenvalue weighted by molar-refractivity contribution is 8.00. The fourth-order valence-corrected chi connectivity index (χ4v) is 4.48. The van der Waals surface area contributed by atoms with E-state index in [4.69, 9.17) is 5.73 Å². The molecule has 6 heteroatoms. The average Bonchev–Trinajstić information content (AvgIpc) is 2.98. The summed E-state index contributed by atoms with van der Waals surface area (Å²) in [4.78, 5) is 4.56. The Balaban J connectivity index is 2.05. The topological polar surface area (TPSA) is 61.7 Å². The average molecular weight is 307 g/mol. The summed E-state index contributed by atoms with van der Waals surface area (Å²) in [5, 5.41) is 4.58. The molecule has 1 aliphatic rings. The van der Waals surface area contributed by atoms with Crippen LogP contribution >= 0.6 is 11.8 Å². The van der Waals surface area contributed by atoms with Gasteiger partial charge in [-0.05, 0) is 32.9 Å². The van der Waals surface area contributed by atoms with Gasteiger partial charge >= 0.3 is 0 Å². The van der Waals surface area contributed by atoms with Gasteiger partial charge in [-0.25, -0.2) is 9.67 Å². The standard InChI is InChI=1S/C15H25N5S/c1-4-20-13-12(11(2)18-20)17-14(16)19(13)10-15(21-3)8-6-5-7-9-15/h4-10H2,1-3H3,(H2,16,17). The third-order valence-electron chi connectivity index (χ3n) is 4.77. The number of aryl methyl sites for hydroxylation is 2. The van der Waals surface area contributed by atoms with E-state index in [1.807, 2.05) is 23.4 Å². The molecular weight excluding hydrogens is 282 g/mol. The summed E-state index contributed by atoms with van der Waals surface area (Å²) in [6.45, 7) is 5.92. The normalized spacial score (nSPS) is 18.4. The van der Waals surface area contributed by atoms with Crippen molar-refractivity contribution >= 4 is 28.9 Å². The van der Waals surface area contributed by atoms with Crippen LogP contribution in [0.4, 0.5) is 5.95 Å². The molecule has 1 fully saturated rings. The number of imidazole rings is 1. The molecule has 0 amide bonds. The molecule has 2 N–H and O–H groups in total. The van der Waals surface area contributed by atoms with E-state index < -0.39 is 0 Å². The van der Waals surface area contributed by atoms with E-state index in [0.29, 0.717) is 10.7 Å². The van der Waals surface area contributed by atoms with Crippen molar-refractivity contribution in [2.45, 2.75) is 63.8 Å². The van der Waals surface area contributed by atoms with Crippen LogP contribution < -0.4 is 5.73 Å². The largest absolute Gasteiger partial charge is 0.369 e.